The summed E-state index contributed by atoms with van der Waals surface area (Å²) in [4.78, 5) is -0.108. The highest BCUT2D eigenvalue weighted by Gasteiger charge is 2.42. The second-order valence-electron chi connectivity index (χ2n) is 5.00. The molecule has 0 radical (unpaired) electrons. The van der Waals surface area contributed by atoms with Gasteiger partial charge < -0.3 is 5.11 Å². The number of hydrogen-bond donors (Lipinski definition) is 2. The van der Waals surface area contributed by atoms with Crippen molar-refractivity contribution in [3.63, 3.8) is 0 Å². The number of benzene rings is 1. The molecule has 0 aromatic heterocycles. The lowest BCUT2D eigenvalue weighted by Crippen LogP contribution is -2.31. The zero-order valence-electron chi connectivity index (χ0n) is 10.5. The van der Waals surface area contributed by atoms with Crippen molar-refractivity contribution in [2.45, 2.75) is 24.2 Å². The summed E-state index contributed by atoms with van der Waals surface area (Å²) >= 11 is 15.1. The SMILES string of the molecule is O=S(=O)(NCC1(CCO)CC1)c1c(Cl)cc(Br)cc1Cl. The molecule has 2 rings (SSSR count). The molecule has 0 unspecified atom stereocenters. The van der Waals surface area contributed by atoms with Gasteiger partial charge in [-0.3, -0.25) is 0 Å². The molecule has 0 spiro atoms. The van der Waals surface area contributed by atoms with Crippen molar-refractivity contribution < 1.29 is 13.5 Å². The summed E-state index contributed by atoms with van der Waals surface area (Å²) in [6.07, 6.45) is 2.42. The summed E-state index contributed by atoms with van der Waals surface area (Å²) in [5, 5.41) is 9.13. The first-order chi connectivity index (χ1) is 9.30. The van der Waals surface area contributed by atoms with Gasteiger partial charge in [-0.1, -0.05) is 39.1 Å². The van der Waals surface area contributed by atoms with E-state index in [9.17, 15) is 8.42 Å². The quantitative estimate of drug-likeness (QED) is 0.767. The molecule has 1 aliphatic rings. The van der Waals surface area contributed by atoms with E-state index in [1.807, 2.05) is 0 Å². The summed E-state index contributed by atoms with van der Waals surface area (Å²) < 4.78 is 27.8. The molecule has 4 nitrogen and oxygen atoms in total. The molecule has 1 fully saturated rings. The molecule has 0 aliphatic heterocycles. The van der Waals surface area contributed by atoms with E-state index in [-0.39, 0.29) is 27.0 Å². The van der Waals surface area contributed by atoms with Crippen molar-refractivity contribution in [2.75, 3.05) is 13.2 Å². The number of hydrogen-bond acceptors (Lipinski definition) is 3. The van der Waals surface area contributed by atoms with E-state index >= 15 is 0 Å². The van der Waals surface area contributed by atoms with E-state index in [4.69, 9.17) is 28.3 Å². The van der Waals surface area contributed by atoms with Crippen LogP contribution in [0.3, 0.4) is 0 Å². The second-order valence-corrected chi connectivity index (χ2v) is 8.43. The average Bonchev–Trinajstić information content (AvgIpc) is 3.06. The van der Waals surface area contributed by atoms with Crippen molar-refractivity contribution in [3.05, 3.63) is 26.7 Å². The highest BCUT2D eigenvalue weighted by Crippen LogP contribution is 2.48. The molecule has 1 aromatic carbocycles. The molecule has 1 saturated carbocycles. The second kappa shape index (κ2) is 6.10. The maximum Gasteiger partial charge on any atom is 0.243 e. The Hall–Kier alpha value is 0.150. The molecule has 1 aliphatic carbocycles. The monoisotopic (exact) mass is 401 g/mol. The minimum Gasteiger partial charge on any atom is -0.396 e. The molecule has 112 valence electrons. The van der Waals surface area contributed by atoms with Crippen LogP contribution in [-0.4, -0.2) is 26.7 Å². The first-order valence-corrected chi connectivity index (χ1v) is 9.08. The summed E-state index contributed by atoms with van der Waals surface area (Å²) in [6.45, 7) is 0.347. The van der Waals surface area contributed by atoms with Gasteiger partial charge in [0.25, 0.3) is 0 Å². The smallest absolute Gasteiger partial charge is 0.243 e. The Bertz CT molecular complexity index is 594. The van der Waals surface area contributed by atoms with Gasteiger partial charge in [0.2, 0.25) is 10.0 Å². The number of halogens is 3. The molecule has 8 heteroatoms. The lowest BCUT2D eigenvalue weighted by Gasteiger charge is -2.16. The fourth-order valence-corrected chi connectivity index (χ4v) is 5.12. The zero-order chi connectivity index (χ0) is 15.0. The van der Waals surface area contributed by atoms with Crippen LogP contribution in [0, 0.1) is 5.41 Å². The highest BCUT2D eigenvalue weighted by atomic mass is 79.9. The Labute approximate surface area is 136 Å². The van der Waals surface area contributed by atoms with Crippen LogP contribution in [0.1, 0.15) is 19.3 Å². The van der Waals surface area contributed by atoms with Gasteiger partial charge in [-0.15, -0.1) is 0 Å². The van der Waals surface area contributed by atoms with Crippen LogP contribution in [0.2, 0.25) is 10.0 Å². The van der Waals surface area contributed by atoms with Crippen LogP contribution in [0.4, 0.5) is 0 Å². The molecule has 0 atom stereocenters. The molecule has 20 heavy (non-hydrogen) atoms. The van der Waals surface area contributed by atoms with Crippen LogP contribution in [0.15, 0.2) is 21.5 Å². The Kier molecular flexibility index (Phi) is 5.04. The van der Waals surface area contributed by atoms with Gasteiger partial charge in [-0.2, -0.15) is 0 Å². The predicted molar refractivity (Wildman–Crippen MR) is 82.7 cm³/mol. The van der Waals surface area contributed by atoms with Crippen molar-refractivity contribution in [1.82, 2.24) is 4.72 Å². The van der Waals surface area contributed by atoms with E-state index in [0.717, 1.165) is 12.8 Å². The van der Waals surface area contributed by atoms with Gasteiger partial charge in [0.15, 0.2) is 0 Å². The third-order valence-corrected chi connectivity index (χ3v) is 6.25. The zero-order valence-corrected chi connectivity index (χ0v) is 14.4. The fraction of sp³-hybridized carbons (Fsp3) is 0.500. The molecule has 0 bridgehead atoms. The third-order valence-electron chi connectivity index (χ3n) is 3.47. The number of nitrogens with one attached hydrogen (secondary N) is 1. The highest BCUT2D eigenvalue weighted by molar-refractivity contribution is 9.10. The van der Waals surface area contributed by atoms with Crippen LogP contribution >= 0.6 is 39.1 Å². The fourth-order valence-electron chi connectivity index (χ4n) is 2.04. The maximum atomic E-state index is 12.3. The largest absolute Gasteiger partial charge is 0.396 e. The first kappa shape index (κ1) is 16.5. The Morgan fingerprint density at radius 1 is 1.30 bits per heavy atom. The minimum absolute atomic E-state index is 0.0571. The molecule has 0 heterocycles. The van der Waals surface area contributed by atoms with Gasteiger partial charge in [0.05, 0.1) is 10.0 Å². The van der Waals surface area contributed by atoms with Crippen LogP contribution in [0.5, 0.6) is 0 Å². The van der Waals surface area contributed by atoms with Crippen LogP contribution in [0.25, 0.3) is 0 Å². The number of sulfonamides is 1. The van der Waals surface area contributed by atoms with E-state index in [2.05, 4.69) is 20.7 Å². The van der Waals surface area contributed by atoms with Crippen LogP contribution < -0.4 is 4.72 Å². The van der Waals surface area contributed by atoms with Gasteiger partial charge in [0, 0.05) is 17.6 Å². The maximum absolute atomic E-state index is 12.3. The summed E-state index contributed by atoms with van der Waals surface area (Å²) in [6, 6.07) is 2.98. The average molecular weight is 403 g/mol. The topological polar surface area (TPSA) is 66.4 Å². The van der Waals surface area contributed by atoms with Gasteiger partial charge >= 0.3 is 0 Å². The normalized spacial score (nSPS) is 17.2. The predicted octanol–water partition coefficient (Wildman–Crippen LogP) is 3.20. The first-order valence-electron chi connectivity index (χ1n) is 6.05. The number of aliphatic hydroxyl groups is 1. The molecular formula is C12H14BrCl2NO3S. The molecule has 0 amide bonds. The molecule has 1 aromatic rings. The van der Waals surface area contributed by atoms with E-state index < -0.39 is 10.0 Å². The van der Waals surface area contributed by atoms with Gasteiger partial charge in [0.1, 0.15) is 4.90 Å². The molecule has 2 N–H and O–H groups in total. The van der Waals surface area contributed by atoms with Crippen LogP contribution in [-0.2, 0) is 10.0 Å². The van der Waals surface area contributed by atoms with E-state index in [0.29, 0.717) is 17.4 Å². The van der Waals surface area contributed by atoms with Crippen molar-refractivity contribution >= 4 is 49.2 Å². The van der Waals surface area contributed by atoms with E-state index in [1.54, 1.807) is 0 Å². The summed E-state index contributed by atoms with van der Waals surface area (Å²) in [5.74, 6) is 0. The third kappa shape index (κ3) is 3.67. The minimum atomic E-state index is -3.77. The summed E-state index contributed by atoms with van der Waals surface area (Å²) in [7, 11) is -3.77. The van der Waals surface area contributed by atoms with Gasteiger partial charge in [-0.25, -0.2) is 13.1 Å². The Morgan fingerprint density at radius 3 is 2.30 bits per heavy atom. The molecular weight excluding hydrogens is 389 g/mol. The summed E-state index contributed by atoms with van der Waals surface area (Å²) in [5.41, 5.74) is -0.115. The lowest BCUT2D eigenvalue weighted by atomic mass is 10.0. The Morgan fingerprint density at radius 2 is 1.85 bits per heavy atom. The van der Waals surface area contributed by atoms with Crippen molar-refractivity contribution in [3.8, 4) is 0 Å². The standard InChI is InChI=1S/C12H14BrCl2NO3S/c13-8-5-9(14)11(10(15)6-8)20(18,19)16-7-12(1-2-12)3-4-17/h5-6,16-17H,1-4,7H2. The number of rotatable bonds is 6. The van der Waals surface area contributed by atoms with Crippen molar-refractivity contribution in [1.29, 1.82) is 0 Å². The van der Waals surface area contributed by atoms with Gasteiger partial charge in [-0.05, 0) is 36.8 Å². The van der Waals surface area contributed by atoms with E-state index in [1.165, 1.54) is 12.1 Å². The van der Waals surface area contributed by atoms with Crippen molar-refractivity contribution in [2.24, 2.45) is 5.41 Å². The molecule has 0 saturated heterocycles. The Balaban J connectivity index is 2.19. The lowest BCUT2D eigenvalue weighted by molar-refractivity contribution is 0.249. The number of aliphatic hydroxyl groups excluding tert-OH is 1.